The Balaban J connectivity index is 1.83. The van der Waals surface area contributed by atoms with E-state index in [0.29, 0.717) is 23.2 Å². The lowest BCUT2D eigenvalue weighted by atomic mass is 9.61. The smallest absolute Gasteiger partial charge is 0.123 e. The molecule has 1 nitrogen and oxygen atoms in total. The van der Waals surface area contributed by atoms with Gasteiger partial charge in [-0.3, -0.25) is 0 Å². The topological polar surface area (TPSA) is 17.1 Å². The molecule has 3 saturated carbocycles. The van der Waals surface area contributed by atoms with Gasteiger partial charge in [-0.1, -0.05) is 52.0 Å². The number of aldehydes is 1. The second-order valence-electron chi connectivity index (χ2n) is 9.50. The SMILES string of the molecule is C=C1/C(=C/C=C2\CCC[C@]3(C)C([C@H](C)C=O)CC[C@@H]23)C[C@@H](C)CC1C. The van der Waals surface area contributed by atoms with Crippen molar-refractivity contribution in [3.63, 3.8) is 0 Å². The van der Waals surface area contributed by atoms with Gasteiger partial charge in [0.25, 0.3) is 0 Å². The first-order chi connectivity index (χ1) is 11.9. The van der Waals surface area contributed by atoms with Gasteiger partial charge in [-0.25, -0.2) is 0 Å². The Morgan fingerprint density at radius 2 is 2.00 bits per heavy atom. The fourth-order valence-electron chi connectivity index (χ4n) is 6.27. The van der Waals surface area contributed by atoms with Crippen LogP contribution in [0.4, 0.5) is 0 Å². The Hall–Kier alpha value is -1.11. The van der Waals surface area contributed by atoms with Crippen molar-refractivity contribution in [1.82, 2.24) is 0 Å². The fourth-order valence-corrected chi connectivity index (χ4v) is 6.27. The van der Waals surface area contributed by atoms with Crippen molar-refractivity contribution in [3.8, 4) is 0 Å². The zero-order valence-electron chi connectivity index (χ0n) is 16.7. The quantitative estimate of drug-likeness (QED) is 0.535. The zero-order valence-corrected chi connectivity index (χ0v) is 16.7. The van der Waals surface area contributed by atoms with Crippen LogP contribution in [0.1, 0.15) is 72.6 Å². The first kappa shape index (κ1) is 18.7. The fraction of sp³-hybridized carbons (Fsp3) is 0.708. The number of allylic oxidation sites excluding steroid dienone is 5. The molecule has 25 heavy (non-hydrogen) atoms. The van der Waals surface area contributed by atoms with E-state index in [1.54, 1.807) is 5.57 Å². The number of fused-ring (bicyclic) bond motifs is 1. The third-order valence-electron chi connectivity index (χ3n) is 7.72. The molecule has 0 amide bonds. The van der Waals surface area contributed by atoms with Gasteiger partial charge in [0, 0.05) is 5.92 Å². The molecule has 3 aliphatic carbocycles. The second-order valence-corrected chi connectivity index (χ2v) is 9.50. The third-order valence-corrected chi connectivity index (χ3v) is 7.72. The van der Waals surface area contributed by atoms with Crippen molar-refractivity contribution >= 4 is 6.29 Å². The average molecular weight is 341 g/mol. The molecule has 1 heteroatoms. The van der Waals surface area contributed by atoms with Crippen LogP contribution in [0.2, 0.25) is 0 Å². The van der Waals surface area contributed by atoms with Gasteiger partial charge in [-0.2, -0.15) is 0 Å². The maximum absolute atomic E-state index is 11.4. The molecule has 138 valence electrons. The van der Waals surface area contributed by atoms with Gasteiger partial charge in [0.15, 0.2) is 0 Å². The number of hydrogen-bond acceptors (Lipinski definition) is 1. The number of carbonyl (C=O) groups excluding carboxylic acids is 1. The second kappa shape index (κ2) is 7.25. The van der Waals surface area contributed by atoms with Gasteiger partial charge >= 0.3 is 0 Å². The maximum atomic E-state index is 11.4. The molecule has 6 atom stereocenters. The van der Waals surface area contributed by atoms with Crippen molar-refractivity contribution in [2.45, 2.75) is 72.6 Å². The summed E-state index contributed by atoms with van der Waals surface area (Å²) in [5.41, 5.74) is 4.79. The van der Waals surface area contributed by atoms with E-state index in [2.05, 4.69) is 46.4 Å². The molecule has 3 aliphatic rings. The van der Waals surface area contributed by atoms with Crippen LogP contribution in [0.25, 0.3) is 0 Å². The molecule has 0 aromatic carbocycles. The lowest BCUT2D eigenvalue weighted by molar-refractivity contribution is -0.113. The van der Waals surface area contributed by atoms with E-state index >= 15 is 0 Å². The summed E-state index contributed by atoms with van der Waals surface area (Å²) < 4.78 is 0. The summed E-state index contributed by atoms with van der Waals surface area (Å²) in [6, 6.07) is 0. The van der Waals surface area contributed by atoms with Gasteiger partial charge in [-0.05, 0) is 85.2 Å². The molecule has 2 unspecified atom stereocenters. The van der Waals surface area contributed by atoms with Crippen LogP contribution in [0.5, 0.6) is 0 Å². The molecule has 3 rings (SSSR count). The molecular weight excluding hydrogens is 304 g/mol. The molecule has 0 radical (unpaired) electrons. The molecule has 3 fully saturated rings. The summed E-state index contributed by atoms with van der Waals surface area (Å²) in [4.78, 5) is 11.4. The van der Waals surface area contributed by atoms with Gasteiger partial charge < -0.3 is 4.79 Å². The van der Waals surface area contributed by atoms with Crippen LogP contribution in [0, 0.1) is 35.0 Å². The monoisotopic (exact) mass is 340 g/mol. The number of rotatable bonds is 3. The van der Waals surface area contributed by atoms with Crippen LogP contribution in [0.15, 0.2) is 35.5 Å². The number of hydrogen-bond donors (Lipinski definition) is 0. The van der Waals surface area contributed by atoms with Gasteiger partial charge in [0.2, 0.25) is 0 Å². The van der Waals surface area contributed by atoms with E-state index in [1.165, 1.54) is 62.4 Å². The zero-order chi connectivity index (χ0) is 18.2. The summed E-state index contributed by atoms with van der Waals surface area (Å²) in [5, 5.41) is 0. The number of carbonyl (C=O) groups is 1. The van der Waals surface area contributed by atoms with Gasteiger partial charge in [0.1, 0.15) is 6.29 Å². The maximum Gasteiger partial charge on any atom is 0.123 e. The van der Waals surface area contributed by atoms with Crippen molar-refractivity contribution in [1.29, 1.82) is 0 Å². The lowest BCUT2D eigenvalue weighted by Gasteiger charge is -2.43. The minimum absolute atomic E-state index is 0.201. The molecule has 0 spiro atoms. The van der Waals surface area contributed by atoms with Crippen LogP contribution < -0.4 is 0 Å². The highest BCUT2D eigenvalue weighted by Gasteiger charge is 2.50. The van der Waals surface area contributed by atoms with Crippen molar-refractivity contribution in [3.05, 3.63) is 35.5 Å². The predicted octanol–water partition coefficient (Wildman–Crippen LogP) is 6.51. The highest BCUT2D eigenvalue weighted by atomic mass is 16.1. The van der Waals surface area contributed by atoms with Crippen LogP contribution in [-0.4, -0.2) is 6.29 Å². The molecular formula is C24H36O. The van der Waals surface area contributed by atoms with Gasteiger partial charge in [0.05, 0.1) is 0 Å². The Kier molecular flexibility index (Phi) is 5.42. The van der Waals surface area contributed by atoms with E-state index in [4.69, 9.17) is 0 Å². The highest BCUT2D eigenvalue weighted by Crippen LogP contribution is 2.59. The molecule has 0 aliphatic heterocycles. The Morgan fingerprint density at radius 1 is 1.24 bits per heavy atom. The predicted molar refractivity (Wildman–Crippen MR) is 106 cm³/mol. The molecule has 0 N–H and O–H groups in total. The Labute approximate surface area is 154 Å². The summed E-state index contributed by atoms with van der Waals surface area (Å²) >= 11 is 0. The summed E-state index contributed by atoms with van der Waals surface area (Å²) in [6.07, 6.45) is 14.8. The van der Waals surface area contributed by atoms with Crippen LogP contribution in [0.3, 0.4) is 0 Å². The molecule has 0 aromatic heterocycles. The average Bonchev–Trinajstić information content (AvgIpc) is 2.93. The molecule has 0 heterocycles. The van der Waals surface area contributed by atoms with Crippen molar-refractivity contribution < 1.29 is 4.79 Å². The first-order valence-corrected chi connectivity index (χ1v) is 10.4. The standard InChI is InChI=1S/C24H36O/c1-16-13-17(2)19(4)21(14-16)9-8-20-7-6-12-24(5)22(18(3)15-25)10-11-23(20)24/h8-9,15-18,22-23H,4,6-7,10-14H2,1-3,5H3/b20-8+,21-9+/t16-,17?,18+,22?,23-,24+/m0/s1. The third kappa shape index (κ3) is 3.44. The summed E-state index contributed by atoms with van der Waals surface area (Å²) in [6.45, 7) is 13.6. The van der Waals surface area contributed by atoms with Gasteiger partial charge in [-0.15, -0.1) is 0 Å². The normalized spacial score (nSPS) is 43.3. The summed E-state index contributed by atoms with van der Waals surface area (Å²) in [7, 11) is 0. The largest absolute Gasteiger partial charge is 0.303 e. The van der Waals surface area contributed by atoms with Crippen LogP contribution in [-0.2, 0) is 4.79 Å². The highest BCUT2D eigenvalue weighted by molar-refractivity contribution is 5.54. The van der Waals surface area contributed by atoms with E-state index in [-0.39, 0.29) is 5.92 Å². The minimum atomic E-state index is 0.201. The lowest BCUT2D eigenvalue weighted by Crippen LogP contribution is -2.36. The molecule has 0 saturated heterocycles. The van der Waals surface area contributed by atoms with E-state index < -0.39 is 0 Å². The minimum Gasteiger partial charge on any atom is -0.303 e. The molecule has 0 aromatic rings. The van der Waals surface area contributed by atoms with E-state index in [0.717, 1.165) is 5.92 Å². The van der Waals surface area contributed by atoms with Crippen molar-refractivity contribution in [2.75, 3.05) is 0 Å². The van der Waals surface area contributed by atoms with Crippen molar-refractivity contribution in [2.24, 2.45) is 35.0 Å². The Morgan fingerprint density at radius 3 is 2.72 bits per heavy atom. The van der Waals surface area contributed by atoms with E-state index in [1.807, 2.05) is 0 Å². The molecule has 0 bridgehead atoms. The first-order valence-electron chi connectivity index (χ1n) is 10.4. The Bertz CT molecular complexity index is 595. The summed E-state index contributed by atoms with van der Waals surface area (Å²) in [5.74, 6) is 2.83. The van der Waals surface area contributed by atoms with Crippen LogP contribution >= 0.6 is 0 Å². The van der Waals surface area contributed by atoms with E-state index in [9.17, 15) is 4.79 Å².